The maximum Gasteiger partial charge on any atom is 0.243 e. The third-order valence-corrected chi connectivity index (χ3v) is 7.25. The van der Waals surface area contributed by atoms with Crippen molar-refractivity contribution < 1.29 is 14.0 Å². The molecule has 3 aromatic rings. The van der Waals surface area contributed by atoms with E-state index in [1.807, 2.05) is 51.1 Å². The zero-order chi connectivity index (χ0) is 27.0. The fraction of sp³-hybridized carbons (Fsp3) is 0.310. The number of hydrogen-bond donors (Lipinski definition) is 1. The molecule has 2 amide bonds. The SMILES string of the molecule is CC(C)(C)NC(=O)C(Cc1ccccc1)N(Cc1ccc(Cl)c(Cl)c1)C(=O)CSCc1ccccc1F. The van der Waals surface area contributed by atoms with E-state index < -0.39 is 11.6 Å². The van der Waals surface area contributed by atoms with E-state index in [0.29, 0.717) is 27.8 Å². The summed E-state index contributed by atoms with van der Waals surface area (Å²) in [7, 11) is 0. The monoisotopic (exact) mass is 560 g/mol. The van der Waals surface area contributed by atoms with Gasteiger partial charge in [-0.1, -0.05) is 77.8 Å². The lowest BCUT2D eigenvalue weighted by Gasteiger charge is -2.34. The number of benzene rings is 3. The zero-order valence-electron chi connectivity index (χ0n) is 21.1. The van der Waals surface area contributed by atoms with Crippen LogP contribution in [-0.4, -0.2) is 34.0 Å². The van der Waals surface area contributed by atoms with Gasteiger partial charge in [-0.05, 0) is 55.7 Å². The quantitative estimate of drug-likeness (QED) is 0.292. The molecule has 0 bridgehead atoms. The number of nitrogens with zero attached hydrogens (tertiary/aromatic N) is 1. The van der Waals surface area contributed by atoms with Crippen LogP contribution in [0.5, 0.6) is 0 Å². The molecule has 196 valence electrons. The predicted octanol–water partition coefficient (Wildman–Crippen LogP) is 6.92. The molecule has 0 aliphatic carbocycles. The van der Waals surface area contributed by atoms with Crippen LogP contribution in [0.1, 0.15) is 37.5 Å². The number of thioether (sulfide) groups is 1. The molecule has 0 spiro atoms. The van der Waals surface area contributed by atoms with E-state index in [-0.39, 0.29) is 29.9 Å². The van der Waals surface area contributed by atoms with Gasteiger partial charge < -0.3 is 10.2 Å². The summed E-state index contributed by atoms with van der Waals surface area (Å²) in [5, 5.41) is 3.82. The summed E-state index contributed by atoms with van der Waals surface area (Å²) >= 11 is 13.7. The Labute approximate surface area is 232 Å². The van der Waals surface area contributed by atoms with Crippen molar-refractivity contribution in [2.24, 2.45) is 0 Å². The Kier molecular flexibility index (Phi) is 10.4. The van der Waals surface area contributed by atoms with Crippen LogP contribution < -0.4 is 5.32 Å². The van der Waals surface area contributed by atoms with Gasteiger partial charge in [0.1, 0.15) is 11.9 Å². The standard InChI is InChI=1S/C29H31Cl2FN2O2S/c1-29(2,3)33-28(36)26(16-20-9-5-4-6-10-20)34(17-21-13-14-23(30)24(31)15-21)27(35)19-37-18-22-11-7-8-12-25(22)32/h4-15,26H,16-19H2,1-3H3,(H,33,36). The van der Waals surface area contributed by atoms with Crippen LogP contribution in [0.4, 0.5) is 4.39 Å². The summed E-state index contributed by atoms with van der Waals surface area (Å²) in [6.45, 7) is 5.88. The summed E-state index contributed by atoms with van der Waals surface area (Å²) in [6.07, 6.45) is 0.341. The van der Waals surface area contributed by atoms with Crippen molar-refractivity contribution in [3.63, 3.8) is 0 Å². The lowest BCUT2D eigenvalue weighted by molar-refractivity contribution is -0.140. The van der Waals surface area contributed by atoms with Crippen molar-refractivity contribution in [1.82, 2.24) is 10.2 Å². The van der Waals surface area contributed by atoms with Gasteiger partial charge in [-0.2, -0.15) is 0 Å². The number of halogens is 3. The second-order valence-corrected chi connectivity index (χ2v) is 11.6. The second-order valence-electron chi connectivity index (χ2n) is 9.80. The fourth-order valence-electron chi connectivity index (χ4n) is 3.79. The van der Waals surface area contributed by atoms with Gasteiger partial charge in [-0.25, -0.2) is 4.39 Å². The largest absolute Gasteiger partial charge is 0.350 e. The maximum atomic E-state index is 14.1. The van der Waals surface area contributed by atoms with Gasteiger partial charge in [0.05, 0.1) is 15.8 Å². The molecule has 8 heteroatoms. The normalized spacial score (nSPS) is 12.2. The summed E-state index contributed by atoms with van der Waals surface area (Å²) in [4.78, 5) is 28.8. The molecule has 4 nitrogen and oxygen atoms in total. The molecule has 0 radical (unpaired) electrons. The molecule has 37 heavy (non-hydrogen) atoms. The molecule has 0 saturated heterocycles. The van der Waals surface area contributed by atoms with Crippen molar-refractivity contribution in [1.29, 1.82) is 0 Å². The molecule has 0 saturated carbocycles. The molecule has 1 unspecified atom stereocenters. The first-order valence-corrected chi connectivity index (χ1v) is 13.8. The van der Waals surface area contributed by atoms with Gasteiger partial charge in [0.2, 0.25) is 11.8 Å². The molecule has 0 aliphatic rings. The molecular weight excluding hydrogens is 530 g/mol. The minimum atomic E-state index is -0.766. The lowest BCUT2D eigenvalue weighted by Crippen LogP contribution is -2.54. The smallest absolute Gasteiger partial charge is 0.243 e. The number of rotatable bonds is 10. The third kappa shape index (κ3) is 9.06. The number of hydrogen-bond acceptors (Lipinski definition) is 3. The summed E-state index contributed by atoms with van der Waals surface area (Å²) < 4.78 is 14.1. The Morgan fingerprint density at radius 2 is 1.62 bits per heavy atom. The van der Waals surface area contributed by atoms with Gasteiger partial charge in [0.25, 0.3) is 0 Å². The molecule has 0 aliphatic heterocycles. The van der Waals surface area contributed by atoms with E-state index in [2.05, 4.69) is 5.32 Å². The number of carbonyl (C=O) groups excluding carboxylic acids is 2. The van der Waals surface area contributed by atoms with Crippen LogP contribution in [0.15, 0.2) is 72.8 Å². The first-order chi connectivity index (χ1) is 17.5. The zero-order valence-corrected chi connectivity index (χ0v) is 23.5. The summed E-state index contributed by atoms with van der Waals surface area (Å²) in [6, 6.07) is 20.5. The minimum absolute atomic E-state index is 0.0870. The molecule has 3 rings (SSSR count). The molecule has 0 fully saturated rings. The van der Waals surface area contributed by atoms with Crippen molar-refractivity contribution in [2.45, 2.75) is 51.1 Å². The Morgan fingerprint density at radius 3 is 2.27 bits per heavy atom. The highest BCUT2D eigenvalue weighted by atomic mass is 35.5. The van der Waals surface area contributed by atoms with Crippen molar-refractivity contribution in [3.05, 3.63) is 105 Å². The highest BCUT2D eigenvalue weighted by Crippen LogP contribution is 2.25. The Bertz CT molecular complexity index is 1220. The number of amides is 2. The van der Waals surface area contributed by atoms with Crippen LogP contribution in [0.3, 0.4) is 0 Å². The van der Waals surface area contributed by atoms with Crippen LogP contribution in [0, 0.1) is 5.82 Å². The van der Waals surface area contributed by atoms with E-state index in [1.165, 1.54) is 17.8 Å². The van der Waals surface area contributed by atoms with E-state index >= 15 is 0 Å². The molecule has 1 N–H and O–H groups in total. The van der Waals surface area contributed by atoms with E-state index in [4.69, 9.17) is 23.2 Å². The fourth-order valence-corrected chi connectivity index (χ4v) is 5.01. The predicted molar refractivity (Wildman–Crippen MR) is 151 cm³/mol. The van der Waals surface area contributed by atoms with Gasteiger partial charge in [-0.3, -0.25) is 9.59 Å². The maximum absolute atomic E-state index is 14.1. The third-order valence-electron chi connectivity index (χ3n) is 5.55. The topological polar surface area (TPSA) is 49.4 Å². The number of nitrogens with one attached hydrogen (secondary N) is 1. The second kappa shape index (κ2) is 13.3. The van der Waals surface area contributed by atoms with E-state index in [9.17, 15) is 14.0 Å². The first kappa shape index (κ1) is 29.0. The van der Waals surface area contributed by atoms with Crippen LogP contribution in [0.2, 0.25) is 10.0 Å². The molecule has 3 aromatic carbocycles. The van der Waals surface area contributed by atoms with Crippen molar-refractivity contribution >= 4 is 46.8 Å². The average molecular weight is 562 g/mol. The van der Waals surface area contributed by atoms with Crippen LogP contribution in [0.25, 0.3) is 0 Å². The minimum Gasteiger partial charge on any atom is -0.350 e. The first-order valence-electron chi connectivity index (χ1n) is 11.9. The number of carbonyl (C=O) groups is 2. The molecule has 1 atom stereocenters. The van der Waals surface area contributed by atoms with Gasteiger partial charge in [0.15, 0.2) is 0 Å². The Hall–Kier alpha value is -2.54. The molecule has 0 heterocycles. The van der Waals surface area contributed by atoms with Crippen molar-refractivity contribution in [2.75, 3.05) is 5.75 Å². The highest BCUT2D eigenvalue weighted by Gasteiger charge is 2.32. The summed E-state index contributed by atoms with van der Waals surface area (Å²) in [5.74, 6) is -0.344. The van der Waals surface area contributed by atoms with Crippen LogP contribution in [-0.2, 0) is 28.3 Å². The lowest BCUT2D eigenvalue weighted by atomic mass is 10.0. The Balaban J connectivity index is 1.90. The van der Waals surface area contributed by atoms with Gasteiger partial charge >= 0.3 is 0 Å². The van der Waals surface area contributed by atoms with Gasteiger partial charge in [0, 0.05) is 24.3 Å². The van der Waals surface area contributed by atoms with Crippen molar-refractivity contribution in [3.8, 4) is 0 Å². The van der Waals surface area contributed by atoms with E-state index in [1.54, 1.807) is 41.3 Å². The molecule has 0 aromatic heterocycles. The van der Waals surface area contributed by atoms with Gasteiger partial charge in [-0.15, -0.1) is 11.8 Å². The average Bonchev–Trinajstić information content (AvgIpc) is 2.84. The van der Waals surface area contributed by atoms with E-state index in [0.717, 1.165) is 11.1 Å². The highest BCUT2D eigenvalue weighted by molar-refractivity contribution is 7.99. The Morgan fingerprint density at radius 1 is 0.946 bits per heavy atom. The van der Waals surface area contributed by atoms with Crippen LogP contribution >= 0.6 is 35.0 Å². The molecular formula is C29H31Cl2FN2O2S. The summed E-state index contributed by atoms with van der Waals surface area (Å²) in [5.41, 5.74) is 1.73.